The molecule has 0 aliphatic heterocycles. The average Bonchev–Trinajstić information content (AvgIpc) is 2.15. The number of nitro groups is 1. The Bertz CT molecular complexity index is 443. The van der Waals surface area contributed by atoms with Gasteiger partial charge >= 0.3 is 5.82 Å². The van der Waals surface area contributed by atoms with Crippen molar-refractivity contribution in [1.29, 1.82) is 0 Å². The van der Waals surface area contributed by atoms with Crippen LogP contribution in [-0.4, -0.2) is 17.0 Å². The zero-order valence-electron chi connectivity index (χ0n) is 7.49. The van der Waals surface area contributed by atoms with E-state index in [1.165, 1.54) is 0 Å². The molecule has 0 aliphatic carbocycles. The SMILES string of the molecule is COc1[nH]c([N+](=O)[O-])cc(=O)c1C(F)F. The molecule has 6 nitrogen and oxygen atoms in total. The number of aromatic nitrogens is 1. The van der Waals surface area contributed by atoms with Gasteiger partial charge in [0.2, 0.25) is 5.43 Å². The fourth-order valence-corrected chi connectivity index (χ4v) is 1.000. The van der Waals surface area contributed by atoms with Crippen molar-refractivity contribution in [3.63, 3.8) is 0 Å². The van der Waals surface area contributed by atoms with E-state index in [4.69, 9.17) is 0 Å². The summed E-state index contributed by atoms with van der Waals surface area (Å²) in [5.41, 5.74) is -2.05. The number of methoxy groups -OCH3 is 1. The van der Waals surface area contributed by atoms with E-state index in [0.29, 0.717) is 6.07 Å². The highest BCUT2D eigenvalue weighted by Gasteiger charge is 2.24. The molecule has 1 aromatic rings. The van der Waals surface area contributed by atoms with Gasteiger partial charge in [0.1, 0.15) is 0 Å². The molecule has 0 radical (unpaired) electrons. The molecule has 0 aliphatic rings. The van der Waals surface area contributed by atoms with Crippen LogP contribution in [0.1, 0.15) is 12.0 Å². The molecule has 0 saturated heterocycles. The predicted octanol–water partition coefficient (Wildman–Crippen LogP) is 1.23. The smallest absolute Gasteiger partial charge is 0.327 e. The number of hydrogen-bond acceptors (Lipinski definition) is 4. The van der Waals surface area contributed by atoms with E-state index >= 15 is 0 Å². The zero-order chi connectivity index (χ0) is 11.6. The third kappa shape index (κ3) is 2.09. The highest BCUT2D eigenvalue weighted by atomic mass is 19.3. The molecule has 1 heterocycles. The summed E-state index contributed by atoms with van der Waals surface area (Å²) in [7, 11) is 1.03. The van der Waals surface area contributed by atoms with Gasteiger partial charge in [0.25, 0.3) is 12.3 Å². The maximum Gasteiger partial charge on any atom is 0.327 e. The Hall–Kier alpha value is -1.99. The first kappa shape index (κ1) is 11.1. The van der Waals surface area contributed by atoms with Gasteiger partial charge in [-0.05, 0) is 4.92 Å². The number of hydrogen-bond donors (Lipinski definition) is 1. The fourth-order valence-electron chi connectivity index (χ4n) is 1.000. The summed E-state index contributed by atoms with van der Waals surface area (Å²) in [6.45, 7) is 0. The number of aromatic amines is 1. The third-order valence-corrected chi connectivity index (χ3v) is 1.64. The lowest BCUT2D eigenvalue weighted by molar-refractivity contribution is -0.389. The van der Waals surface area contributed by atoms with Gasteiger partial charge in [-0.1, -0.05) is 0 Å². The van der Waals surface area contributed by atoms with Crippen molar-refractivity contribution < 1.29 is 18.4 Å². The van der Waals surface area contributed by atoms with E-state index < -0.39 is 34.0 Å². The highest BCUT2D eigenvalue weighted by Crippen LogP contribution is 2.25. The molecule has 0 bridgehead atoms. The minimum atomic E-state index is -3.05. The topological polar surface area (TPSA) is 85.2 Å². The van der Waals surface area contributed by atoms with Crippen LogP contribution < -0.4 is 10.2 Å². The third-order valence-electron chi connectivity index (χ3n) is 1.64. The van der Waals surface area contributed by atoms with Gasteiger partial charge in [0, 0.05) is 0 Å². The largest absolute Gasteiger partial charge is 0.465 e. The van der Waals surface area contributed by atoms with Gasteiger partial charge in [0.15, 0.2) is 5.56 Å². The molecular formula is C7H6F2N2O4. The Morgan fingerprint density at radius 2 is 2.20 bits per heavy atom. The van der Waals surface area contributed by atoms with Gasteiger partial charge < -0.3 is 14.9 Å². The van der Waals surface area contributed by atoms with E-state index in [9.17, 15) is 23.7 Å². The number of rotatable bonds is 3. The molecule has 0 amide bonds. The first-order valence-electron chi connectivity index (χ1n) is 3.71. The monoisotopic (exact) mass is 220 g/mol. The quantitative estimate of drug-likeness (QED) is 0.613. The van der Waals surface area contributed by atoms with Gasteiger partial charge in [-0.3, -0.25) is 4.79 Å². The summed E-state index contributed by atoms with van der Waals surface area (Å²) < 4.78 is 29.1. The molecule has 15 heavy (non-hydrogen) atoms. The van der Waals surface area contributed by atoms with Crippen LogP contribution in [0.4, 0.5) is 14.6 Å². The van der Waals surface area contributed by atoms with Crippen molar-refractivity contribution in [3.05, 3.63) is 32.0 Å². The standard InChI is InChI=1S/C7H6F2N2O4/c1-15-7-5(6(8)9)3(12)2-4(10-7)11(13)14/h2,6H,1H3,(H,10,12). The normalized spacial score (nSPS) is 10.4. The summed E-state index contributed by atoms with van der Waals surface area (Å²) in [5.74, 6) is -1.29. The first-order chi connectivity index (χ1) is 6.97. The van der Waals surface area contributed by atoms with E-state index in [2.05, 4.69) is 4.74 Å². The molecule has 82 valence electrons. The number of H-pyrrole nitrogens is 1. The van der Waals surface area contributed by atoms with Crippen LogP contribution in [0.15, 0.2) is 10.9 Å². The van der Waals surface area contributed by atoms with Crippen LogP contribution in [0, 0.1) is 10.1 Å². The second kappa shape index (κ2) is 4.03. The van der Waals surface area contributed by atoms with Gasteiger partial charge in [-0.15, -0.1) is 0 Å². The molecule has 0 spiro atoms. The van der Waals surface area contributed by atoms with E-state index in [1.54, 1.807) is 0 Å². The second-order valence-corrected chi connectivity index (χ2v) is 2.52. The Morgan fingerprint density at radius 1 is 1.60 bits per heavy atom. The lowest BCUT2D eigenvalue weighted by Crippen LogP contribution is -2.13. The van der Waals surface area contributed by atoms with Gasteiger partial charge in [0.05, 0.1) is 13.2 Å². The van der Waals surface area contributed by atoms with Crippen molar-refractivity contribution in [3.8, 4) is 5.88 Å². The minimum Gasteiger partial charge on any atom is -0.465 e. The van der Waals surface area contributed by atoms with Crippen LogP contribution in [0.25, 0.3) is 0 Å². The second-order valence-electron chi connectivity index (χ2n) is 2.52. The first-order valence-corrected chi connectivity index (χ1v) is 3.71. The van der Waals surface area contributed by atoms with Crippen LogP contribution in [0.3, 0.4) is 0 Å². The molecule has 8 heteroatoms. The molecule has 0 atom stereocenters. The maximum atomic E-state index is 12.3. The number of ether oxygens (including phenoxy) is 1. The summed E-state index contributed by atoms with van der Waals surface area (Å²) in [6.07, 6.45) is -3.05. The minimum absolute atomic E-state index is 0.490. The summed E-state index contributed by atoms with van der Waals surface area (Å²) in [4.78, 5) is 22.5. The van der Waals surface area contributed by atoms with Crippen LogP contribution in [-0.2, 0) is 0 Å². The van der Waals surface area contributed by atoms with Crippen molar-refractivity contribution in [2.75, 3.05) is 7.11 Å². The molecular weight excluding hydrogens is 214 g/mol. The number of nitrogens with zero attached hydrogens (tertiary/aromatic N) is 1. The fraction of sp³-hybridized carbons (Fsp3) is 0.286. The molecule has 1 rings (SSSR count). The predicted molar refractivity (Wildman–Crippen MR) is 45.2 cm³/mol. The summed E-state index contributed by atoms with van der Waals surface area (Å²) in [5, 5.41) is 10.3. The maximum absolute atomic E-state index is 12.3. The summed E-state index contributed by atoms with van der Waals surface area (Å²) in [6, 6.07) is 0.490. The molecule has 1 aromatic heterocycles. The lowest BCUT2D eigenvalue weighted by Gasteiger charge is -2.03. The Labute approximate surface area is 81.6 Å². The van der Waals surface area contributed by atoms with Crippen LogP contribution in [0.2, 0.25) is 0 Å². The zero-order valence-corrected chi connectivity index (χ0v) is 7.49. The molecule has 0 aromatic carbocycles. The van der Waals surface area contributed by atoms with Crippen molar-refractivity contribution >= 4 is 5.82 Å². The summed E-state index contributed by atoms with van der Waals surface area (Å²) >= 11 is 0. The number of alkyl halides is 2. The van der Waals surface area contributed by atoms with Gasteiger partial charge in [-0.2, -0.15) is 0 Å². The average molecular weight is 220 g/mol. The Kier molecular flexibility index (Phi) is 2.98. The molecule has 1 N–H and O–H groups in total. The molecule has 0 fully saturated rings. The number of pyridine rings is 1. The van der Waals surface area contributed by atoms with Crippen LogP contribution >= 0.6 is 0 Å². The van der Waals surface area contributed by atoms with Crippen molar-refractivity contribution in [2.45, 2.75) is 6.43 Å². The molecule has 0 unspecified atom stereocenters. The number of nitrogens with one attached hydrogen (secondary N) is 1. The highest BCUT2D eigenvalue weighted by molar-refractivity contribution is 5.34. The van der Waals surface area contributed by atoms with Gasteiger partial charge in [-0.25, -0.2) is 13.8 Å². The van der Waals surface area contributed by atoms with E-state index in [0.717, 1.165) is 7.11 Å². The van der Waals surface area contributed by atoms with Crippen molar-refractivity contribution in [2.24, 2.45) is 0 Å². The molecule has 0 saturated carbocycles. The van der Waals surface area contributed by atoms with Crippen LogP contribution in [0.5, 0.6) is 5.88 Å². The van der Waals surface area contributed by atoms with E-state index in [1.807, 2.05) is 4.98 Å². The van der Waals surface area contributed by atoms with Crippen molar-refractivity contribution in [1.82, 2.24) is 4.98 Å². The Balaban J connectivity index is 3.44. The number of halogens is 2. The Morgan fingerprint density at radius 3 is 2.60 bits per heavy atom. The lowest BCUT2D eigenvalue weighted by atomic mass is 10.2. The van der Waals surface area contributed by atoms with E-state index in [-0.39, 0.29) is 0 Å².